The predicted molar refractivity (Wildman–Crippen MR) is 37.9 cm³/mol. The summed E-state index contributed by atoms with van der Waals surface area (Å²) in [5, 5.41) is 8.22. The molecule has 68 valence electrons. The molecule has 0 aromatic heterocycles. The minimum Gasteiger partial charge on any atom is -0.406 e. The van der Waals surface area contributed by atoms with Crippen molar-refractivity contribution in [2.75, 3.05) is 0 Å². The Morgan fingerprint density at radius 2 is 1.69 bits per heavy atom. The molecule has 0 aliphatic rings. The quantitative estimate of drug-likeness (QED) is 0.636. The molecule has 0 atom stereocenters. The van der Waals surface area contributed by atoms with Crippen LogP contribution in [0.3, 0.4) is 0 Å². The van der Waals surface area contributed by atoms with Crippen molar-refractivity contribution in [1.82, 2.24) is 0 Å². The van der Waals surface area contributed by atoms with Gasteiger partial charge in [-0.1, -0.05) is 0 Å². The summed E-state index contributed by atoms with van der Waals surface area (Å²) in [5.41, 5.74) is 0.162. The number of rotatable bonds is 1. The van der Waals surface area contributed by atoms with Gasteiger partial charge < -0.3 is 4.74 Å². The molecule has 0 amide bonds. The number of ether oxygens (including phenoxy) is 1. The molecule has 1 aromatic rings. The molecule has 0 heterocycles. The first-order chi connectivity index (χ1) is 6.01. The van der Waals surface area contributed by atoms with Crippen molar-refractivity contribution < 1.29 is 17.9 Å². The topological polar surface area (TPSA) is 37.4 Å². The van der Waals surface area contributed by atoms with Crippen molar-refractivity contribution in [1.29, 1.82) is 5.39 Å². The van der Waals surface area contributed by atoms with E-state index in [1.165, 1.54) is 12.1 Å². The smallest absolute Gasteiger partial charge is 0.406 e. The zero-order chi connectivity index (χ0) is 9.90. The highest BCUT2D eigenvalue weighted by Crippen LogP contribution is 2.24. The largest absolute Gasteiger partial charge is 0.573 e. The second kappa shape index (κ2) is 3.31. The standard InChI is InChI=1S/C7H4F3N2O/c8-7(9,10)13-6-3-1-5(12-11)2-4-6/h1-4H/q+1. The van der Waals surface area contributed by atoms with E-state index in [0.29, 0.717) is 0 Å². The van der Waals surface area contributed by atoms with Crippen molar-refractivity contribution >= 4 is 5.69 Å². The number of hydrogen-bond donors (Lipinski definition) is 0. The number of nitrogens with zero attached hydrogens (tertiary/aromatic N) is 2. The van der Waals surface area contributed by atoms with Crippen LogP contribution in [0, 0.1) is 5.39 Å². The lowest BCUT2D eigenvalue weighted by molar-refractivity contribution is -0.274. The Balaban J connectivity index is 2.77. The number of halogens is 3. The van der Waals surface area contributed by atoms with Crippen LogP contribution < -0.4 is 4.74 Å². The van der Waals surface area contributed by atoms with Gasteiger partial charge in [-0.05, 0) is 12.1 Å². The van der Waals surface area contributed by atoms with Crippen LogP contribution in [-0.2, 0) is 0 Å². The number of alkyl halides is 3. The maximum Gasteiger partial charge on any atom is 0.573 e. The molecule has 1 aromatic carbocycles. The lowest BCUT2D eigenvalue weighted by Crippen LogP contribution is -2.16. The van der Waals surface area contributed by atoms with Gasteiger partial charge in [0.1, 0.15) is 5.75 Å². The minimum absolute atomic E-state index is 0.162. The maximum absolute atomic E-state index is 11.6. The van der Waals surface area contributed by atoms with Crippen molar-refractivity contribution in [2.24, 2.45) is 0 Å². The molecule has 6 heteroatoms. The van der Waals surface area contributed by atoms with Gasteiger partial charge in [0.25, 0.3) is 0 Å². The summed E-state index contributed by atoms with van der Waals surface area (Å²) in [7, 11) is 0. The Kier molecular flexibility index (Phi) is 2.37. The third kappa shape index (κ3) is 2.99. The van der Waals surface area contributed by atoms with E-state index in [2.05, 4.69) is 9.71 Å². The first-order valence-electron chi connectivity index (χ1n) is 3.22. The zero-order valence-electron chi connectivity index (χ0n) is 6.25. The molecule has 3 nitrogen and oxygen atoms in total. The van der Waals surface area contributed by atoms with Crippen molar-refractivity contribution in [2.45, 2.75) is 6.36 Å². The highest BCUT2D eigenvalue weighted by molar-refractivity contribution is 5.46. The van der Waals surface area contributed by atoms with Gasteiger partial charge in [0, 0.05) is 12.1 Å². The minimum atomic E-state index is -4.70. The van der Waals surface area contributed by atoms with E-state index < -0.39 is 6.36 Å². The molecule has 0 radical (unpaired) electrons. The summed E-state index contributed by atoms with van der Waals surface area (Å²) < 4.78 is 38.5. The Morgan fingerprint density at radius 1 is 1.15 bits per heavy atom. The number of benzene rings is 1. The van der Waals surface area contributed by atoms with Crippen LogP contribution in [0.4, 0.5) is 18.9 Å². The van der Waals surface area contributed by atoms with Crippen LogP contribution in [-0.4, -0.2) is 6.36 Å². The number of hydrogen-bond acceptors (Lipinski definition) is 2. The van der Waals surface area contributed by atoms with E-state index in [9.17, 15) is 13.2 Å². The summed E-state index contributed by atoms with van der Waals surface area (Å²) in [5.74, 6) is -0.347. The molecule has 0 fully saturated rings. The van der Waals surface area contributed by atoms with Gasteiger partial charge >= 0.3 is 12.0 Å². The predicted octanol–water partition coefficient (Wildman–Crippen LogP) is 3.07. The third-order valence-corrected chi connectivity index (χ3v) is 1.19. The molecular formula is C7H4F3N2O+. The van der Waals surface area contributed by atoms with Crippen molar-refractivity contribution in [3.05, 3.63) is 29.2 Å². The summed E-state index contributed by atoms with van der Waals surface area (Å²) in [4.78, 5) is 2.77. The average Bonchev–Trinajstić information content (AvgIpc) is 2.03. The zero-order valence-corrected chi connectivity index (χ0v) is 6.25. The van der Waals surface area contributed by atoms with E-state index in [4.69, 9.17) is 5.39 Å². The fourth-order valence-corrected chi connectivity index (χ4v) is 0.714. The molecule has 0 saturated heterocycles. The maximum atomic E-state index is 11.6. The monoisotopic (exact) mass is 189 g/mol. The fourth-order valence-electron chi connectivity index (χ4n) is 0.714. The first kappa shape index (κ1) is 9.32. The van der Waals surface area contributed by atoms with E-state index in [0.717, 1.165) is 12.1 Å². The Bertz CT molecular complexity index is 325. The van der Waals surface area contributed by atoms with Crippen molar-refractivity contribution in [3.8, 4) is 5.75 Å². The lowest BCUT2D eigenvalue weighted by Gasteiger charge is -2.06. The third-order valence-electron chi connectivity index (χ3n) is 1.19. The molecule has 13 heavy (non-hydrogen) atoms. The number of diazo groups is 1. The molecule has 0 aliphatic carbocycles. The van der Waals surface area contributed by atoms with Crippen LogP contribution in [0.2, 0.25) is 0 Å². The van der Waals surface area contributed by atoms with Crippen LogP contribution in [0.5, 0.6) is 5.75 Å². The van der Waals surface area contributed by atoms with E-state index in [1.54, 1.807) is 0 Å². The SMILES string of the molecule is N#[N+]c1ccc(OC(F)(F)F)cc1. The summed E-state index contributed by atoms with van der Waals surface area (Å²) in [6, 6.07) is 4.51. The van der Waals surface area contributed by atoms with Gasteiger partial charge in [-0.2, -0.15) is 0 Å². The second-order valence-electron chi connectivity index (χ2n) is 2.14. The summed E-state index contributed by atoms with van der Waals surface area (Å²) in [6.07, 6.45) is -4.70. The average molecular weight is 189 g/mol. The Hall–Kier alpha value is -1.77. The molecule has 0 bridgehead atoms. The van der Waals surface area contributed by atoms with Crippen LogP contribution in [0.25, 0.3) is 4.98 Å². The Labute approximate surface area is 71.4 Å². The highest BCUT2D eigenvalue weighted by Gasteiger charge is 2.31. The van der Waals surface area contributed by atoms with Crippen LogP contribution >= 0.6 is 0 Å². The van der Waals surface area contributed by atoms with Gasteiger partial charge in [-0.15, -0.1) is 13.2 Å². The summed E-state index contributed by atoms with van der Waals surface area (Å²) in [6.45, 7) is 0. The second-order valence-corrected chi connectivity index (χ2v) is 2.14. The van der Waals surface area contributed by atoms with Crippen molar-refractivity contribution in [3.63, 3.8) is 0 Å². The molecule has 0 aliphatic heterocycles. The highest BCUT2D eigenvalue weighted by atomic mass is 19.4. The van der Waals surface area contributed by atoms with Gasteiger partial charge in [0.05, 0.1) is 0 Å². The van der Waals surface area contributed by atoms with Gasteiger partial charge in [0.15, 0.2) is 4.98 Å². The molecular weight excluding hydrogens is 185 g/mol. The van der Waals surface area contributed by atoms with E-state index >= 15 is 0 Å². The van der Waals surface area contributed by atoms with Gasteiger partial charge in [-0.25, -0.2) is 0 Å². The van der Waals surface area contributed by atoms with Gasteiger partial charge in [-0.3, -0.25) is 0 Å². The first-order valence-corrected chi connectivity index (χ1v) is 3.22. The van der Waals surface area contributed by atoms with Crippen LogP contribution in [0.15, 0.2) is 24.3 Å². The molecule has 0 N–H and O–H groups in total. The van der Waals surface area contributed by atoms with E-state index in [-0.39, 0.29) is 11.4 Å². The van der Waals surface area contributed by atoms with E-state index in [1.807, 2.05) is 0 Å². The molecule has 0 saturated carbocycles. The Morgan fingerprint density at radius 3 is 2.08 bits per heavy atom. The normalized spacial score (nSPS) is 10.6. The molecule has 0 unspecified atom stereocenters. The fraction of sp³-hybridized carbons (Fsp3) is 0.143. The summed E-state index contributed by atoms with van der Waals surface area (Å²) >= 11 is 0. The molecule has 1 rings (SSSR count). The molecule has 0 spiro atoms. The lowest BCUT2D eigenvalue weighted by atomic mass is 10.3. The van der Waals surface area contributed by atoms with Crippen LogP contribution in [0.1, 0.15) is 0 Å². The van der Waals surface area contributed by atoms with Gasteiger partial charge in [0.2, 0.25) is 5.39 Å².